The molecule has 0 spiro atoms. The number of anilines is 1. The minimum Gasteiger partial charge on any atom is -0.493 e. The van der Waals surface area contributed by atoms with E-state index in [2.05, 4.69) is 15.5 Å². The number of furan rings is 1. The molecule has 1 atom stereocenters. The number of amides is 2. The van der Waals surface area contributed by atoms with Gasteiger partial charge in [-0.15, -0.1) is 0 Å². The molecule has 1 unspecified atom stereocenters. The fourth-order valence-electron chi connectivity index (χ4n) is 4.58. The number of hydrogen-bond donors (Lipinski definition) is 2. The smallest absolute Gasteiger partial charge is 0.309 e. The van der Waals surface area contributed by atoms with Crippen molar-refractivity contribution in [3.8, 4) is 11.5 Å². The summed E-state index contributed by atoms with van der Waals surface area (Å²) in [6, 6.07) is 15.6. The zero-order chi connectivity index (χ0) is 26.9. The van der Waals surface area contributed by atoms with E-state index < -0.39 is 11.8 Å². The van der Waals surface area contributed by atoms with Crippen molar-refractivity contribution in [2.24, 2.45) is 0 Å². The number of rotatable bonds is 10. The lowest BCUT2D eigenvalue weighted by Crippen LogP contribution is -2.51. The third kappa shape index (κ3) is 6.63. The van der Waals surface area contributed by atoms with Crippen LogP contribution in [0, 0.1) is 5.82 Å². The number of para-hydroxylation sites is 1. The van der Waals surface area contributed by atoms with E-state index in [9.17, 15) is 14.0 Å². The zero-order valence-corrected chi connectivity index (χ0v) is 21.6. The van der Waals surface area contributed by atoms with Crippen LogP contribution in [0.2, 0.25) is 0 Å². The number of methoxy groups -OCH3 is 2. The normalized spacial score (nSPS) is 14.6. The molecule has 1 aromatic heterocycles. The Labute approximate surface area is 221 Å². The molecular weight excluding hydrogens is 491 g/mol. The second-order valence-corrected chi connectivity index (χ2v) is 8.91. The van der Waals surface area contributed by atoms with Crippen molar-refractivity contribution >= 4 is 17.5 Å². The molecule has 2 heterocycles. The van der Waals surface area contributed by atoms with Gasteiger partial charge in [0, 0.05) is 39.3 Å². The average molecular weight is 525 g/mol. The van der Waals surface area contributed by atoms with Gasteiger partial charge in [0.25, 0.3) is 0 Å². The second kappa shape index (κ2) is 13.0. The van der Waals surface area contributed by atoms with Crippen LogP contribution in [0.4, 0.5) is 10.1 Å². The minimum absolute atomic E-state index is 0.204. The summed E-state index contributed by atoms with van der Waals surface area (Å²) in [6.07, 6.45) is 2.11. The Morgan fingerprint density at radius 3 is 2.37 bits per heavy atom. The number of carbonyl (C=O) groups excluding carboxylic acids is 2. The maximum atomic E-state index is 14.2. The molecule has 10 heteroatoms. The molecule has 38 heavy (non-hydrogen) atoms. The number of benzene rings is 2. The molecule has 2 N–H and O–H groups in total. The van der Waals surface area contributed by atoms with E-state index >= 15 is 0 Å². The summed E-state index contributed by atoms with van der Waals surface area (Å²) in [5.74, 6) is 0.269. The Morgan fingerprint density at radius 2 is 1.68 bits per heavy atom. The monoisotopic (exact) mass is 524 g/mol. The second-order valence-electron chi connectivity index (χ2n) is 8.91. The third-order valence-electron chi connectivity index (χ3n) is 6.63. The highest BCUT2D eigenvalue weighted by atomic mass is 19.1. The summed E-state index contributed by atoms with van der Waals surface area (Å²) in [5.41, 5.74) is 1.52. The van der Waals surface area contributed by atoms with E-state index in [1.165, 1.54) is 6.07 Å². The molecule has 2 amide bonds. The van der Waals surface area contributed by atoms with Gasteiger partial charge in [-0.25, -0.2) is 4.39 Å². The number of hydrogen-bond acceptors (Lipinski definition) is 7. The minimum atomic E-state index is -0.709. The topological polar surface area (TPSA) is 96.3 Å². The number of ether oxygens (including phenoxy) is 2. The Kier molecular flexibility index (Phi) is 9.21. The molecule has 0 aliphatic carbocycles. The third-order valence-corrected chi connectivity index (χ3v) is 6.63. The first-order valence-corrected chi connectivity index (χ1v) is 12.5. The molecule has 1 aliphatic rings. The highest BCUT2D eigenvalue weighted by Gasteiger charge is 2.28. The van der Waals surface area contributed by atoms with Gasteiger partial charge >= 0.3 is 11.8 Å². The van der Waals surface area contributed by atoms with Crippen LogP contribution < -0.4 is 25.0 Å². The number of halogens is 1. The summed E-state index contributed by atoms with van der Waals surface area (Å²) in [4.78, 5) is 29.1. The van der Waals surface area contributed by atoms with E-state index in [0.717, 1.165) is 5.56 Å². The predicted octanol–water partition coefficient (Wildman–Crippen LogP) is 2.77. The van der Waals surface area contributed by atoms with Gasteiger partial charge in [-0.1, -0.05) is 18.2 Å². The molecule has 1 fully saturated rings. The molecule has 4 rings (SSSR count). The number of piperazine rings is 1. The summed E-state index contributed by atoms with van der Waals surface area (Å²) < 4.78 is 30.4. The first kappa shape index (κ1) is 27.0. The molecule has 0 radical (unpaired) electrons. The van der Waals surface area contributed by atoms with E-state index in [-0.39, 0.29) is 18.4 Å². The van der Waals surface area contributed by atoms with Crippen LogP contribution in [0.3, 0.4) is 0 Å². The van der Waals surface area contributed by atoms with Crippen molar-refractivity contribution < 1.29 is 27.9 Å². The molecule has 1 aliphatic heterocycles. The van der Waals surface area contributed by atoms with E-state index in [4.69, 9.17) is 13.9 Å². The zero-order valence-electron chi connectivity index (χ0n) is 21.6. The fraction of sp³-hybridized carbons (Fsp3) is 0.357. The molecule has 3 aromatic rings. The molecule has 2 aromatic carbocycles. The first-order valence-electron chi connectivity index (χ1n) is 12.5. The highest BCUT2D eigenvalue weighted by molar-refractivity contribution is 6.35. The molecule has 202 valence electrons. The van der Waals surface area contributed by atoms with Crippen LogP contribution in [0.5, 0.6) is 11.5 Å². The Hall–Kier alpha value is -4.05. The van der Waals surface area contributed by atoms with Gasteiger partial charge in [0.15, 0.2) is 11.5 Å². The van der Waals surface area contributed by atoms with Gasteiger partial charge in [-0.2, -0.15) is 0 Å². The lowest BCUT2D eigenvalue weighted by atomic mass is 10.1. The summed E-state index contributed by atoms with van der Waals surface area (Å²) in [6.45, 7) is 3.04. The molecule has 0 saturated carbocycles. The van der Waals surface area contributed by atoms with E-state index in [1.54, 1.807) is 44.7 Å². The Morgan fingerprint density at radius 1 is 0.947 bits per heavy atom. The summed E-state index contributed by atoms with van der Waals surface area (Å²) in [7, 11) is 3.13. The van der Waals surface area contributed by atoms with E-state index in [0.29, 0.717) is 62.1 Å². The number of nitrogens with one attached hydrogen (secondary N) is 2. The van der Waals surface area contributed by atoms with Crippen molar-refractivity contribution in [1.29, 1.82) is 0 Å². The molecule has 0 bridgehead atoms. The van der Waals surface area contributed by atoms with Crippen LogP contribution in [-0.4, -0.2) is 70.2 Å². The average Bonchev–Trinajstić information content (AvgIpc) is 3.48. The highest BCUT2D eigenvalue weighted by Crippen LogP contribution is 2.28. The van der Waals surface area contributed by atoms with Gasteiger partial charge in [0.05, 0.1) is 32.2 Å². The van der Waals surface area contributed by atoms with Gasteiger partial charge in [-0.05, 0) is 48.4 Å². The maximum absolute atomic E-state index is 14.2. The summed E-state index contributed by atoms with van der Waals surface area (Å²) >= 11 is 0. The van der Waals surface area contributed by atoms with Gasteiger partial charge in [-0.3, -0.25) is 14.5 Å². The maximum Gasteiger partial charge on any atom is 0.309 e. The van der Waals surface area contributed by atoms with Crippen molar-refractivity contribution in [1.82, 2.24) is 15.5 Å². The number of nitrogens with zero attached hydrogens (tertiary/aromatic N) is 2. The van der Waals surface area contributed by atoms with E-state index in [1.807, 2.05) is 29.2 Å². The van der Waals surface area contributed by atoms with Crippen LogP contribution in [-0.2, 0) is 16.0 Å². The summed E-state index contributed by atoms with van der Waals surface area (Å²) in [5, 5.41) is 5.40. The fourth-order valence-corrected chi connectivity index (χ4v) is 4.58. The molecule has 1 saturated heterocycles. The largest absolute Gasteiger partial charge is 0.493 e. The molecular formula is C28H33FN4O5. The van der Waals surface area contributed by atoms with Crippen LogP contribution in [0.15, 0.2) is 65.3 Å². The van der Waals surface area contributed by atoms with Crippen molar-refractivity contribution in [3.63, 3.8) is 0 Å². The predicted molar refractivity (Wildman–Crippen MR) is 141 cm³/mol. The van der Waals surface area contributed by atoms with Crippen molar-refractivity contribution in [2.75, 3.05) is 58.4 Å². The Balaban J connectivity index is 1.28. The van der Waals surface area contributed by atoms with Crippen LogP contribution in [0.25, 0.3) is 0 Å². The Bertz CT molecular complexity index is 1210. The van der Waals surface area contributed by atoms with Gasteiger partial charge in [0.1, 0.15) is 11.6 Å². The van der Waals surface area contributed by atoms with Crippen LogP contribution >= 0.6 is 0 Å². The quantitative estimate of drug-likeness (QED) is 0.394. The van der Waals surface area contributed by atoms with Crippen LogP contribution in [0.1, 0.15) is 17.4 Å². The van der Waals surface area contributed by atoms with Crippen molar-refractivity contribution in [3.05, 3.63) is 78.0 Å². The number of carbonyl (C=O) groups is 2. The van der Waals surface area contributed by atoms with Gasteiger partial charge in [0.2, 0.25) is 0 Å². The molecule has 9 nitrogen and oxygen atoms in total. The first-order chi connectivity index (χ1) is 18.5. The lowest BCUT2D eigenvalue weighted by molar-refractivity contribution is -0.139. The lowest BCUT2D eigenvalue weighted by Gasteiger charge is -2.39. The standard InChI is InChI=1S/C28H33FN4O5/c1-36-25-10-9-20(18-26(25)37-2)11-12-30-27(34)28(35)31-19-23(24-8-5-17-38-24)33-15-13-32(14-16-33)22-7-4-3-6-21(22)29/h3-10,17-18,23H,11-16,19H2,1-2H3,(H,30,34)(H,31,35). The van der Waals surface area contributed by atoms with Crippen molar-refractivity contribution in [2.45, 2.75) is 12.5 Å². The SMILES string of the molecule is COc1ccc(CCNC(=O)C(=O)NCC(c2ccco2)N2CCN(c3ccccc3F)CC2)cc1OC. The van der Waals surface area contributed by atoms with Gasteiger partial charge < -0.3 is 29.4 Å².